The summed E-state index contributed by atoms with van der Waals surface area (Å²) in [5, 5.41) is 3.02. The Balaban J connectivity index is 1.81. The fraction of sp³-hybridized carbons (Fsp3) is 0.667. The lowest BCUT2D eigenvalue weighted by Gasteiger charge is -2.30. The van der Waals surface area contributed by atoms with E-state index < -0.39 is 0 Å². The minimum absolute atomic E-state index is 0.0555. The van der Waals surface area contributed by atoms with Gasteiger partial charge in [-0.25, -0.2) is 0 Å². The van der Waals surface area contributed by atoms with E-state index in [4.69, 9.17) is 9.47 Å². The van der Waals surface area contributed by atoms with Crippen LogP contribution < -0.4 is 14.8 Å². The molecule has 1 unspecified atom stereocenters. The highest BCUT2D eigenvalue weighted by molar-refractivity contribution is 5.94. The van der Waals surface area contributed by atoms with Gasteiger partial charge in [0.05, 0.1) is 13.2 Å². The lowest BCUT2D eigenvalue weighted by atomic mass is 10.0. The Morgan fingerprint density at radius 2 is 2.12 bits per heavy atom. The van der Waals surface area contributed by atoms with Crippen molar-refractivity contribution in [3.8, 4) is 11.5 Å². The average molecular weight is 363 g/mol. The molecule has 5 heteroatoms. The Morgan fingerprint density at radius 1 is 1.27 bits per heavy atom. The van der Waals surface area contributed by atoms with Crippen molar-refractivity contribution in [2.24, 2.45) is 5.92 Å². The van der Waals surface area contributed by atoms with E-state index in [2.05, 4.69) is 24.1 Å². The monoisotopic (exact) mass is 362 g/mol. The van der Waals surface area contributed by atoms with Crippen LogP contribution in [0.5, 0.6) is 11.5 Å². The summed E-state index contributed by atoms with van der Waals surface area (Å²) < 4.78 is 11.3. The van der Waals surface area contributed by atoms with Crippen molar-refractivity contribution in [3.05, 3.63) is 23.8 Å². The number of rotatable bonds is 10. The number of benzene rings is 1. The molecular weight excluding hydrogens is 328 g/mol. The quantitative estimate of drug-likeness (QED) is 0.645. The van der Waals surface area contributed by atoms with Gasteiger partial charge in [-0.1, -0.05) is 13.8 Å². The maximum Gasteiger partial charge on any atom is 0.251 e. The smallest absolute Gasteiger partial charge is 0.251 e. The highest BCUT2D eigenvalue weighted by Crippen LogP contribution is 2.28. The highest BCUT2D eigenvalue weighted by atomic mass is 16.5. The summed E-state index contributed by atoms with van der Waals surface area (Å²) >= 11 is 0. The standard InChI is InChI=1S/C21H34N2O3/c1-4-14-26-19-10-9-18(15-20(19)25-5-2)21(24)22-11-7-13-23-12-6-8-17(3)16-23/h9-10,15,17H,4-8,11-14,16H2,1-3H3,(H,22,24). The summed E-state index contributed by atoms with van der Waals surface area (Å²) in [5.41, 5.74) is 0.615. The van der Waals surface area contributed by atoms with Gasteiger partial charge in [0.15, 0.2) is 11.5 Å². The van der Waals surface area contributed by atoms with E-state index in [0.717, 1.165) is 25.3 Å². The van der Waals surface area contributed by atoms with Gasteiger partial charge in [0.2, 0.25) is 0 Å². The number of hydrogen-bond donors (Lipinski definition) is 1. The van der Waals surface area contributed by atoms with Crippen LogP contribution in [0.1, 0.15) is 56.8 Å². The molecule has 1 N–H and O–H groups in total. The molecule has 1 saturated heterocycles. The summed E-state index contributed by atoms with van der Waals surface area (Å²) in [6, 6.07) is 5.40. The predicted molar refractivity (Wildman–Crippen MR) is 105 cm³/mol. The molecule has 0 radical (unpaired) electrons. The molecule has 146 valence electrons. The number of ether oxygens (including phenoxy) is 2. The molecule has 0 saturated carbocycles. The van der Waals surface area contributed by atoms with Gasteiger partial charge < -0.3 is 19.7 Å². The molecule has 1 aliphatic heterocycles. The SMILES string of the molecule is CCCOc1ccc(C(=O)NCCCN2CCCC(C)C2)cc1OCC. The van der Waals surface area contributed by atoms with Crippen LogP contribution in [-0.2, 0) is 0 Å². The third-order valence-electron chi connectivity index (χ3n) is 4.65. The van der Waals surface area contributed by atoms with Gasteiger partial charge >= 0.3 is 0 Å². The number of likely N-dealkylation sites (tertiary alicyclic amines) is 1. The first-order chi connectivity index (χ1) is 12.6. The van der Waals surface area contributed by atoms with E-state index in [-0.39, 0.29) is 5.91 Å². The summed E-state index contributed by atoms with van der Waals surface area (Å²) in [5.74, 6) is 2.07. The van der Waals surface area contributed by atoms with Gasteiger partial charge in [0.25, 0.3) is 5.91 Å². The summed E-state index contributed by atoms with van der Waals surface area (Å²) in [6.45, 7) is 11.6. The van der Waals surface area contributed by atoms with Crippen LogP contribution in [-0.4, -0.2) is 50.2 Å². The average Bonchev–Trinajstić information content (AvgIpc) is 2.64. The zero-order valence-electron chi connectivity index (χ0n) is 16.6. The van der Waals surface area contributed by atoms with E-state index in [9.17, 15) is 4.79 Å². The van der Waals surface area contributed by atoms with Gasteiger partial charge in [-0.15, -0.1) is 0 Å². The minimum atomic E-state index is -0.0555. The van der Waals surface area contributed by atoms with Crippen LogP contribution in [0.25, 0.3) is 0 Å². The number of nitrogens with zero attached hydrogens (tertiary/aromatic N) is 1. The maximum atomic E-state index is 12.4. The molecule has 26 heavy (non-hydrogen) atoms. The number of carbonyl (C=O) groups is 1. The Kier molecular flexibility index (Phi) is 8.75. The molecule has 2 rings (SSSR count). The van der Waals surface area contributed by atoms with Crippen molar-refractivity contribution in [1.82, 2.24) is 10.2 Å². The van der Waals surface area contributed by atoms with Gasteiger partial charge in [0.1, 0.15) is 0 Å². The Bertz CT molecular complexity index is 562. The van der Waals surface area contributed by atoms with Crippen molar-refractivity contribution in [2.45, 2.75) is 46.5 Å². The minimum Gasteiger partial charge on any atom is -0.490 e. The zero-order chi connectivity index (χ0) is 18.8. The third-order valence-corrected chi connectivity index (χ3v) is 4.65. The first-order valence-electron chi connectivity index (χ1n) is 10.0. The molecule has 1 atom stereocenters. The molecule has 1 heterocycles. The lowest BCUT2D eigenvalue weighted by Crippen LogP contribution is -2.36. The number of carbonyl (C=O) groups excluding carboxylic acids is 1. The van der Waals surface area contributed by atoms with Gasteiger partial charge in [-0.3, -0.25) is 4.79 Å². The fourth-order valence-corrected chi connectivity index (χ4v) is 3.35. The van der Waals surface area contributed by atoms with E-state index >= 15 is 0 Å². The molecule has 0 aliphatic carbocycles. The molecule has 1 fully saturated rings. The molecule has 0 bridgehead atoms. The van der Waals surface area contributed by atoms with Crippen LogP contribution in [0.15, 0.2) is 18.2 Å². The lowest BCUT2D eigenvalue weighted by molar-refractivity contribution is 0.0949. The van der Waals surface area contributed by atoms with E-state index in [1.54, 1.807) is 12.1 Å². The number of hydrogen-bond acceptors (Lipinski definition) is 4. The molecule has 0 spiro atoms. The van der Waals surface area contributed by atoms with E-state index in [0.29, 0.717) is 36.8 Å². The summed E-state index contributed by atoms with van der Waals surface area (Å²) in [7, 11) is 0. The molecule has 1 amide bonds. The molecule has 0 aromatic heterocycles. The van der Waals surface area contributed by atoms with Gasteiger partial charge in [0, 0.05) is 18.7 Å². The normalized spacial score (nSPS) is 17.7. The topological polar surface area (TPSA) is 50.8 Å². The fourth-order valence-electron chi connectivity index (χ4n) is 3.35. The molecule has 1 aromatic carbocycles. The largest absolute Gasteiger partial charge is 0.490 e. The molecule has 1 aromatic rings. The number of piperidine rings is 1. The second-order valence-corrected chi connectivity index (χ2v) is 7.10. The zero-order valence-corrected chi connectivity index (χ0v) is 16.6. The maximum absolute atomic E-state index is 12.4. The predicted octanol–water partition coefficient (Wildman–Crippen LogP) is 3.73. The first-order valence-corrected chi connectivity index (χ1v) is 10.0. The first kappa shape index (κ1) is 20.6. The van der Waals surface area contributed by atoms with Crippen molar-refractivity contribution in [2.75, 3.05) is 39.4 Å². The van der Waals surface area contributed by atoms with Crippen LogP contribution in [0.3, 0.4) is 0 Å². The Morgan fingerprint density at radius 3 is 2.85 bits per heavy atom. The van der Waals surface area contributed by atoms with E-state index in [1.165, 1.54) is 25.9 Å². The molecule has 1 aliphatic rings. The van der Waals surface area contributed by atoms with Crippen molar-refractivity contribution in [1.29, 1.82) is 0 Å². The second kappa shape index (κ2) is 11.1. The number of nitrogens with one attached hydrogen (secondary N) is 1. The van der Waals surface area contributed by atoms with Crippen LogP contribution in [0.4, 0.5) is 0 Å². The summed E-state index contributed by atoms with van der Waals surface area (Å²) in [4.78, 5) is 14.9. The summed E-state index contributed by atoms with van der Waals surface area (Å²) in [6.07, 6.45) is 4.55. The molecule has 5 nitrogen and oxygen atoms in total. The highest BCUT2D eigenvalue weighted by Gasteiger charge is 2.16. The van der Waals surface area contributed by atoms with Crippen LogP contribution >= 0.6 is 0 Å². The van der Waals surface area contributed by atoms with Crippen molar-refractivity contribution < 1.29 is 14.3 Å². The van der Waals surface area contributed by atoms with Crippen LogP contribution in [0.2, 0.25) is 0 Å². The van der Waals surface area contributed by atoms with Gasteiger partial charge in [-0.2, -0.15) is 0 Å². The Hall–Kier alpha value is -1.75. The van der Waals surface area contributed by atoms with Gasteiger partial charge in [-0.05, 0) is 69.8 Å². The Labute approximate surface area is 158 Å². The van der Waals surface area contributed by atoms with Crippen molar-refractivity contribution in [3.63, 3.8) is 0 Å². The van der Waals surface area contributed by atoms with E-state index in [1.807, 2.05) is 13.0 Å². The van der Waals surface area contributed by atoms with Crippen molar-refractivity contribution >= 4 is 5.91 Å². The van der Waals surface area contributed by atoms with Crippen LogP contribution in [0, 0.1) is 5.92 Å². The molecular formula is C21H34N2O3. The second-order valence-electron chi connectivity index (χ2n) is 7.10. The third kappa shape index (κ3) is 6.52. The number of amides is 1.